The molecule has 26 heavy (non-hydrogen) atoms. The first-order valence-electron chi connectivity index (χ1n) is 8.74. The standard InChI is InChI=1S/C20H22F2N2OS/c21-17-8-6-16(7-9-17)14-23-10-3-11-24(13-12-23)20(25)15-26-19-5-2-1-4-18(19)22/h1-2,4-9H,3,10-15H2. The molecule has 138 valence electrons. The average Bonchev–Trinajstić information content (AvgIpc) is 2.88. The Balaban J connectivity index is 1.49. The number of benzene rings is 2. The molecule has 0 aromatic heterocycles. The van der Waals surface area contributed by atoms with Gasteiger partial charge in [-0.15, -0.1) is 11.8 Å². The van der Waals surface area contributed by atoms with Crippen LogP contribution in [0, 0.1) is 11.6 Å². The van der Waals surface area contributed by atoms with Crippen molar-refractivity contribution in [1.29, 1.82) is 0 Å². The number of carbonyl (C=O) groups is 1. The molecule has 3 rings (SSSR count). The Kier molecular flexibility index (Phi) is 6.63. The predicted molar refractivity (Wildman–Crippen MR) is 100.0 cm³/mol. The maximum absolute atomic E-state index is 13.7. The van der Waals surface area contributed by atoms with Gasteiger partial charge in [0.25, 0.3) is 0 Å². The van der Waals surface area contributed by atoms with Crippen LogP contribution in [0.1, 0.15) is 12.0 Å². The molecule has 2 aromatic rings. The highest BCUT2D eigenvalue weighted by molar-refractivity contribution is 8.00. The molecule has 1 amide bonds. The molecule has 1 aliphatic rings. The van der Waals surface area contributed by atoms with E-state index in [1.165, 1.54) is 30.0 Å². The fraction of sp³-hybridized carbons (Fsp3) is 0.350. The second-order valence-corrected chi connectivity index (χ2v) is 7.37. The van der Waals surface area contributed by atoms with Gasteiger partial charge in [0.1, 0.15) is 11.6 Å². The van der Waals surface area contributed by atoms with Gasteiger partial charge in [0.15, 0.2) is 0 Å². The molecule has 0 aliphatic carbocycles. The van der Waals surface area contributed by atoms with Gasteiger partial charge < -0.3 is 4.90 Å². The van der Waals surface area contributed by atoms with E-state index in [-0.39, 0.29) is 23.3 Å². The van der Waals surface area contributed by atoms with Crippen LogP contribution in [0.3, 0.4) is 0 Å². The monoisotopic (exact) mass is 376 g/mol. The van der Waals surface area contributed by atoms with E-state index in [0.29, 0.717) is 11.4 Å². The molecule has 0 unspecified atom stereocenters. The third-order valence-electron chi connectivity index (χ3n) is 4.45. The van der Waals surface area contributed by atoms with Crippen molar-refractivity contribution in [2.24, 2.45) is 0 Å². The third kappa shape index (κ3) is 5.29. The van der Waals surface area contributed by atoms with Crippen molar-refractivity contribution < 1.29 is 13.6 Å². The number of hydrogen-bond acceptors (Lipinski definition) is 3. The summed E-state index contributed by atoms with van der Waals surface area (Å²) in [5.41, 5.74) is 1.07. The zero-order valence-corrected chi connectivity index (χ0v) is 15.4. The average molecular weight is 376 g/mol. The number of carbonyl (C=O) groups excluding carboxylic acids is 1. The Hall–Kier alpha value is -1.92. The van der Waals surface area contributed by atoms with Gasteiger partial charge in [-0.3, -0.25) is 9.69 Å². The number of halogens is 2. The molecule has 1 saturated heterocycles. The number of nitrogens with zero attached hydrogens (tertiary/aromatic N) is 2. The maximum Gasteiger partial charge on any atom is 0.232 e. The van der Waals surface area contributed by atoms with Crippen LogP contribution in [0.25, 0.3) is 0 Å². The van der Waals surface area contributed by atoms with E-state index in [1.807, 2.05) is 4.90 Å². The van der Waals surface area contributed by atoms with E-state index in [9.17, 15) is 13.6 Å². The maximum atomic E-state index is 13.7. The molecule has 0 radical (unpaired) electrons. The highest BCUT2D eigenvalue weighted by Gasteiger charge is 2.19. The highest BCUT2D eigenvalue weighted by Crippen LogP contribution is 2.21. The Morgan fingerprint density at radius 3 is 2.50 bits per heavy atom. The fourth-order valence-electron chi connectivity index (χ4n) is 3.02. The summed E-state index contributed by atoms with van der Waals surface area (Å²) in [6, 6.07) is 13.1. The van der Waals surface area contributed by atoms with Gasteiger partial charge in [-0.05, 0) is 36.2 Å². The second kappa shape index (κ2) is 9.14. The Morgan fingerprint density at radius 1 is 0.962 bits per heavy atom. The predicted octanol–water partition coefficient (Wildman–Crippen LogP) is 3.79. The molecule has 0 spiro atoms. The van der Waals surface area contributed by atoms with Crippen molar-refractivity contribution in [3.63, 3.8) is 0 Å². The van der Waals surface area contributed by atoms with Crippen molar-refractivity contribution in [2.45, 2.75) is 17.9 Å². The molecule has 0 bridgehead atoms. The Labute approximate surface area is 157 Å². The van der Waals surface area contributed by atoms with Crippen molar-refractivity contribution in [3.05, 3.63) is 65.7 Å². The van der Waals surface area contributed by atoms with E-state index >= 15 is 0 Å². The zero-order chi connectivity index (χ0) is 18.4. The smallest absolute Gasteiger partial charge is 0.232 e. The lowest BCUT2D eigenvalue weighted by molar-refractivity contribution is -0.128. The summed E-state index contributed by atoms with van der Waals surface area (Å²) in [7, 11) is 0. The first kappa shape index (κ1) is 18.9. The Bertz CT molecular complexity index is 739. The minimum atomic E-state index is -0.286. The third-order valence-corrected chi connectivity index (χ3v) is 5.48. The number of amides is 1. The van der Waals surface area contributed by atoms with Crippen LogP contribution in [0.15, 0.2) is 53.4 Å². The van der Waals surface area contributed by atoms with Gasteiger partial charge in [-0.1, -0.05) is 24.3 Å². The minimum absolute atomic E-state index is 0.0434. The fourth-order valence-corrected chi connectivity index (χ4v) is 3.86. The van der Waals surface area contributed by atoms with E-state index in [1.54, 1.807) is 30.3 Å². The van der Waals surface area contributed by atoms with Gasteiger partial charge in [0.05, 0.1) is 5.75 Å². The highest BCUT2D eigenvalue weighted by atomic mass is 32.2. The zero-order valence-electron chi connectivity index (χ0n) is 14.5. The molecular formula is C20H22F2N2OS. The van der Waals surface area contributed by atoms with Crippen molar-refractivity contribution in [1.82, 2.24) is 9.80 Å². The summed E-state index contributed by atoms with van der Waals surface area (Å²) in [5, 5.41) is 0. The van der Waals surface area contributed by atoms with Crippen LogP contribution in [0.2, 0.25) is 0 Å². The number of rotatable bonds is 5. The number of thioether (sulfide) groups is 1. The van der Waals surface area contributed by atoms with Gasteiger partial charge in [-0.25, -0.2) is 8.78 Å². The molecule has 1 aliphatic heterocycles. The molecule has 0 atom stereocenters. The van der Waals surface area contributed by atoms with Gasteiger partial charge in [0.2, 0.25) is 5.91 Å². The molecule has 0 saturated carbocycles. The minimum Gasteiger partial charge on any atom is -0.341 e. The molecule has 2 aromatic carbocycles. The largest absolute Gasteiger partial charge is 0.341 e. The van der Waals surface area contributed by atoms with E-state index in [4.69, 9.17) is 0 Å². The van der Waals surface area contributed by atoms with Gasteiger partial charge in [-0.2, -0.15) is 0 Å². The molecule has 6 heteroatoms. The quantitative estimate of drug-likeness (QED) is 0.742. The summed E-state index contributed by atoms with van der Waals surface area (Å²) in [4.78, 5) is 17.1. The van der Waals surface area contributed by atoms with Crippen molar-refractivity contribution in [3.8, 4) is 0 Å². The lowest BCUT2D eigenvalue weighted by atomic mass is 10.2. The van der Waals surface area contributed by atoms with Crippen LogP contribution in [0.4, 0.5) is 8.78 Å². The van der Waals surface area contributed by atoms with E-state index in [2.05, 4.69) is 4.90 Å². The summed E-state index contributed by atoms with van der Waals surface area (Å²) >= 11 is 1.25. The van der Waals surface area contributed by atoms with Crippen molar-refractivity contribution >= 4 is 17.7 Å². The summed E-state index contributed by atoms with van der Waals surface area (Å²) < 4.78 is 26.7. The number of hydrogen-bond donors (Lipinski definition) is 0. The molecule has 1 heterocycles. The lowest BCUT2D eigenvalue weighted by Crippen LogP contribution is -2.36. The Morgan fingerprint density at radius 2 is 1.73 bits per heavy atom. The van der Waals surface area contributed by atoms with E-state index < -0.39 is 0 Å². The molecule has 3 nitrogen and oxygen atoms in total. The SMILES string of the molecule is O=C(CSc1ccccc1F)N1CCCN(Cc2ccc(F)cc2)CC1. The van der Waals surface area contributed by atoms with Crippen molar-refractivity contribution in [2.75, 3.05) is 31.9 Å². The lowest BCUT2D eigenvalue weighted by Gasteiger charge is -2.22. The van der Waals surface area contributed by atoms with Crippen LogP contribution in [0.5, 0.6) is 0 Å². The topological polar surface area (TPSA) is 23.6 Å². The van der Waals surface area contributed by atoms with Gasteiger partial charge in [0, 0.05) is 37.6 Å². The van der Waals surface area contributed by atoms with Crippen LogP contribution < -0.4 is 0 Å². The first-order chi connectivity index (χ1) is 12.6. The summed E-state index contributed by atoms with van der Waals surface area (Å²) in [5.74, 6) is -0.221. The molecule has 1 fully saturated rings. The summed E-state index contributed by atoms with van der Waals surface area (Å²) in [6.07, 6.45) is 0.900. The van der Waals surface area contributed by atoms with E-state index in [0.717, 1.165) is 38.2 Å². The first-order valence-corrected chi connectivity index (χ1v) is 9.72. The second-order valence-electron chi connectivity index (χ2n) is 6.36. The van der Waals surface area contributed by atoms with Crippen LogP contribution in [-0.4, -0.2) is 47.6 Å². The normalized spacial score (nSPS) is 15.7. The van der Waals surface area contributed by atoms with Gasteiger partial charge >= 0.3 is 0 Å². The van der Waals surface area contributed by atoms with Crippen LogP contribution >= 0.6 is 11.8 Å². The molecular weight excluding hydrogens is 354 g/mol. The molecule has 0 N–H and O–H groups in total. The summed E-state index contributed by atoms with van der Waals surface area (Å²) in [6.45, 7) is 3.83. The van der Waals surface area contributed by atoms with Crippen LogP contribution in [-0.2, 0) is 11.3 Å².